The van der Waals surface area contributed by atoms with Crippen LogP contribution < -0.4 is 0 Å². The average molecular weight is 286 g/mol. The first kappa shape index (κ1) is 13.7. The monoisotopic (exact) mass is 286 g/mol. The first-order valence-electron chi connectivity index (χ1n) is 7.18. The molecule has 1 aliphatic rings. The van der Waals surface area contributed by atoms with Crippen molar-refractivity contribution in [1.29, 1.82) is 0 Å². The molecule has 1 atom stereocenters. The quantitative estimate of drug-likeness (QED) is 0.861. The van der Waals surface area contributed by atoms with Gasteiger partial charge in [0.15, 0.2) is 11.6 Å². The summed E-state index contributed by atoms with van der Waals surface area (Å²) < 4.78 is 5.12. The van der Waals surface area contributed by atoms with Crippen molar-refractivity contribution in [2.24, 2.45) is 5.92 Å². The summed E-state index contributed by atoms with van der Waals surface area (Å²) in [7, 11) is 0. The normalized spacial score (nSPS) is 18.7. The zero-order valence-corrected chi connectivity index (χ0v) is 12.0. The number of piperidine rings is 1. The molecule has 0 spiro atoms. The Morgan fingerprint density at radius 3 is 3.10 bits per heavy atom. The van der Waals surface area contributed by atoms with Gasteiger partial charge in [0, 0.05) is 38.6 Å². The summed E-state index contributed by atoms with van der Waals surface area (Å²) in [5.74, 6) is 0.898. The number of oxazole rings is 1. The third-order valence-electron chi connectivity index (χ3n) is 3.76. The smallest absolute Gasteiger partial charge is 0.275 e. The lowest BCUT2D eigenvalue weighted by Crippen LogP contribution is -2.40. The lowest BCUT2D eigenvalue weighted by Gasteiger charge is -2.32. The van der Waals surface area contributed by atoms with Crippen LogP contribution in [0.2, 0.25) is 0 Å². The van der Waals surface area contributed by atoms with Crippen molar-refractivity contribution < 1.29 is 9.21 Å². The average Bonchev–Trinajstić information content (AvgIpc) is 2.94. The summed E-state index contributed by atoms with van der Waals surface area (Å²) in [4.78, 5) is 26.8. The molecule has 1 fully saturated rings. The topological polar surface area (TPSA) is 72.1 Å². The minimum absolute atomic E-state index is 0.0457. The zero-order chi connectivity index (χ0) is 14.7. The van der Waals surface area contributed by atoms with E-state index in [0.717, 1.165) is 38.0 Å². The van der Waals surface area contributed by atoms with Crippen LogP contribution in [-0.2, 0) is 6.42 Å². The predicted molar refractivity (Wildman–Crippen MR) is 75.6 cm³/mol. The van der Waals surface area contributed by atoms with Crippen LogP contribution in [-0.4, -0.2) is 38.8 Å². The number of likely N-dealkylation sites (tertiary alicyclic amines) is 1. The van der Waals surface area contributed by atoms with Crippen molar-refractivity contribution in [2.75, 3.05) is 13.1 Å². The molecular weight excluding hydrogens is 268 g/mol. The minimum atomic E-state index is -0.0457. The highest BCUT2D eigenvalue weighted by molar-refractivity contribution is 5.92. The predicted octanol–water partition coefficient (Wildman–Crippen LogP) is 1.87. The maximum atomic E-state index is 12.4. The maximum Gasteiger partial charge on any atom is 0.275 e. The molecule has 110 valence electrons. The van der Waals surface area contributed by atoms with Gasteiger partial charge in [-0.05, 0) is 25.2 Å². The highest BCUT2D eigenvalue weighted by Gasteiger charge is 2.26. The third-order valence-corrected chi connectivity index (χ3v) is 3.76. The highest BCUT2D eigenvalue weighted by Crippen LogP contribution is 2.21. The summed E-state index contributed by atoms with van der Waals surface area (Å²) in [6.07, 6.45) is 9.58. The number of carbonyl (C=O) groups excluding carboxylic acids is 1. The fourth-order valence-corrected chi connectivity index (χ4v) is 2.77. The lowest BCUT2D eigenvalue weighted by molar-refractivity contribution is 0.0666. The second-order valence-electron chi connectivity index (χ2n) is 5.41. The summed E-state index contributed by atoms with van der Waals surface area (Å²) in [5.41, 5.74) is 1.38. The summed E-state index contributed by atoms with van der Waals surface area (Å²) in [6, 6.07) is 0. The van der Waals surface area contributed by atoms with Crippen LogP contribution in [0.15, 0.2) is 29.3 Å². The van der Waals surface area contributed by atoms with Crippen molar-refractivity contribution >= 4 is 5.91 Å². The molecular formula is C15H18N4O2. The molecule has 3 heterocycles. The van der Waals surface area contributed by atoms with Gasteiger partial charge in [-0.15, -0.1) is 0 Å². The van der Waals surface area contributed by atoms with Crippen molar-refractivity contribution in [2.45, 2.75) is 26.2 Å². The van der Waals surface area contributed by atoms with Gasteiger partial charge in [-0.1, -0.05) is 0 Å². The van der Waals surface area contributed by atoms with Crippen molar-refractivity contribution in [3.8, 4) is 0 Å². The Morgan fingerprint density at radius 1 is 1.48 bits per heavy atom. The molecule has 0 radical (unpaired) electrons. The number of aryl methyl sites for hydroxylation is 1. The first-order valence-corrected chi connectivity index (χ1v) is 7.18. The van der Waals surface area contributed by atoms with Gasteiger partial charge in [0.25, 0.3) is 5.91 Å². The summed E-state index contributed by atoms with van der Waals surface area (Å²) in [5, 5.41) is 0. The molecule has 21 heavy (non-hydrogen) atoms. The van der Waals surface area contributed by atoms with E-state index in [4.69, 9.17) is 4.42 Å². The maximum absolute atomic E-state index is 12.4. The van der Waals surface area contributed by atoms with Gasteiger partial charge in [0.1, 0.15) is 6.26 Å². The van der Waals surface area contributed by atoms with E-state index in [2.05, 4.69) is 15.0 Å². The lowest BCUT2D eigenvalue weighted by atomic mass is 9.93. The largest absolute Gasteiger partial charge is 0.448 e. The molecule has 0 saturated carbocycles. The van der Waals surface area contributed by atoms with Gasteiger partial charge in [-0.2, -0.15) is 0 Å². The van der Waals surface area contributed by atoms with E-state index >= 15 is 0 Å². The van der Waals surface area contributed by atoms with E-state index in [1.54, 1.807) is 25.5 Å². The first-order chi connectivity index (χ1) is 10.2. The summed E-state index contributed by atoms with van der Waals surface area (Å²) in [6.45, 7) is 3.26. The van der Waals surface area contributed by atoms with Crippen LogP contribution in [0.4, 0.5) is 0 Å². The molecule has 0 aliphatic carbocycles. The Hall–Kier alpha value is -2.24. The number of carbonyl (C=O) groups is 1. The number of nitrogens with zero attached hydrogens (tertiary/aromatic N) is 4. The number of amides is 1. The van der Waals surface area contributed by atoms with Gasteiger partial charge >= 0.3 is 0 Å². The Morgan fingerprint density at radius 2 is 2.38 bits per heavy atom. The van der Waals surface area contributed by atoms with E-state index in [-0.39, 0.29) is 5.91 Å². The molecule has 6 nitrogen and oxygen atoms in total. The SMILES string of the molecule is Cc1nc(C(=O)N2CCCC(Cc3cnccn3)C2)co1. The number of aromatic nitrogens is 3. The van der Waals surface area contributed by atoms with E-state index in [1.165, 1.54) is 6.26 Å². The third kappa shape index (κ3) is 3.26. The minimum Gasteiger partial charge on any atom is -0.448 e. The number of hydrogen-bond donors (Lipinski definition) is 0. The van der Waals surface area contributed by atoms with E-state index < -0.39 is 0 Å². The van der Waals surface area contributed by atoms with Crippen LogP contribution in [0.5, 0.6) is 0 Å². The molecule has 0 aromatic carbocycles. The Labute approximate surface area is 123 Å². The standard InChI is InChI=1S/C15H18N4O2/c1-11-18-14(10-21-11)15(20)19-6-2-3-12(9-19)7-13-8-16-4-5-17-13/h4-5,8,10,12H,2-3,6-7,9H2,1H3. The molecule has 1 aliphatic heterocycles. The molecule has 0 N–H and O–H groups in total. The Kier molecular flexibility index (Phi) is 3.94. The van der Waals surface area contributed by atoms with Gasteiger partial charge in [-0.25, -0.2) is 4.98 Å². The molecule has 2 aromatic rings. The van der Waals surface area contributed by atoms with E-state index in [9.17, 15) is 4.79 Å². The second-order valence-corrected chi connectivity index (χ2v) is 5.41. The van der Waals surface area contributed by atoms with Crippen LogP contribution >= 0.6 is 0 Å². The number of hydrogen-bond acceptors (Lipinski definition) is 5. The van der Waals surface area contributed by atoms with Gasteiger partial charge in [0.05, 0.1) is 5.69 Å². The molecule has 6 heteroatoms. The zero-order valence-electron chi connectivity index (χ0n) is 12.0. The van der Waals surface area contributed by atoms with Gasteiger partial charge < -0.3 is 9.32 Å². The van der Waals surface area contributed by atoms with Crippen molar-refractivity contribution in [3.05, 3.63) is 42.1 Å². The number of rotatable bonds is 3. The van der Waals surface area contributed by atoms with Crippen molar-refractivity contribution in [1.82, 2.24) is 19.9 Å². The van der Waals surface area contributed by atoms with E-state index in [0.29, 0.717) is 17.5 Å². The van der Waals surface area contributed by atoms with Crippen LogP contribution in [0.25, 0.3) is 0 Å². The van der Waals surface area contributed by atoms with Crippen LogP contribution in [0, 0.1) is 12.8 Å². The summed E-state index contributed by atoms with van der Waals surface area (Å²) >= 11 is 0. The molecule has 0 bridgehead atoms. The molecule has 1 amide bonds. The van der Waals surface area contributed by atoms with Crippen LogP contribution in [0.1, 0.15) is 34.9 Å². The molecule has 1 unspecified atom stereocenters. The van der Waals surface area contributed by atoms with E-state index in [1.807, 2.05) is 4.90 Å². The fourth-order valence-electron chi connectivity index (χ4n) is 2.77. The van der Waals surface area contributed by atoms with Crippen LogP contribution in [0.3, 0.4) is 0 Å². The molecule has 1 saturated heterocycles. The fraction of sp³-hybridized carbons (Fsp3) is 0.467. The van der Waals surface area contributed by atoms with Gasteiger partial charge in [0.2, 0.25) is 0 Å². The molecule has 2 aromatic heterocycles. The second kappa shape index (κ2) is 6.03. The Balaban J connectivity index is 1.64. The molecule has 3 rings (SSSR count). The Bertz CT molecular complexity index is 611. The highest BCUT2D eigenvalue weighted by atomic mass is 16.3. The van der Waals surface area contributed by atoms with Crippen molar-refractivity contribution in [3.63, 3.8) is 0 Å². The van der Waals surface area contributed by atoms with Gasteiger partial charge in [-0.3, -0.25) is 14.8 Å².